The van der Waals surface area contributed by atoms with E-state index in [-0.39, 0.29) is 11.3 Å². The Balaban J connectivity index is 1.97. The number of rotatable bonds is 2. The third-order valence-electron chi connectivity index (χ3n) is 4.51. The quantitative estimate of drug-likeness (QED) is 0.469. The minimum Gasteiger partial charge on any atom is -0.454 e. The van der Waals surface area contributed by atoms with E-state index < -0.39 is 19.6 Å². The topological polar surface area (TPSA) is 29.9 Å². The second kappa shape index (κ2) is 5.69. The van der Waals surface area contributed by atoms with Gasteiger partial charge in [0.15, 0.2) is 11.8 Å². The third-order valence-corrected chi connectivity index (χ3v) is 4.51. The van der Waals surface area contributed by atoms with Crippen molar-refractivity contribution in [3.05, 3.63) is 59.5 Å². The van der Waals surface area contributed by atoms with E-state index in [0.29, 0.717) is 16.6 Å². The fourth-order valence-corrected chi connectivity index (χ4v) is 3.23. The van der Waals surface area contributed by atoms with Crippen LogP contribution in [0.15, 0.2) is 47.1 Å². The average Bonchev–Trinajstić information content (AvgIpc) is 3.04. The Morgan fingerprint density at radius 2 is 2.12 bits per heavy atom. The summed E-state index contributed by atoms with van der Waals surface area (Å²) in [5.74, 6) is -1.87. The first-order valence-electron chi connectivity index (χ1n) is 11.5. The molecular weight excluding hydrogens is 308 g/mol. The zero-order valence-electron chi connectivity index (χ0n) is 21.3. The molecule has 0 saturated heterocycles. The Kier molecular flexibility index (Phi) is 2.21. The van der Waals surface area contributed by atoms with Gasteiger partial charge in [-0.25, -0.2) is 4.57 Å². The number of hydrogen-bond donors (Lipinski definition) is 0. The van der Waals surface area contributed by atoms with Gasteiger partial charge in [0, 0.05) is 37.7 Å². The summed E-state index contributed by atoms with van der Waals surface area (Å²) in [6, 6.07) is 8.79. The van der Waals surface area contributed by atoms with Crippen molar-refractivity contribution in [1.29, 1.82) is 0 Å². The molecule has 3 heterocycles. The van der Waals surface area contributed by atoms with Crippen LogP contribution in [-0.4, -0.2) is 4.98 Å². The van der Waals surface area contributed by atoms with E-state index in [4.69, 9.17) is 14.0 Å². The number of nitrogens with zero attached hydrogens (tertiary/aromatic N) is 2. The van der Waals surface area contributed by atoms with Gasteiger partial charge in [0.25, 0.3) is 0 Å². The van der Waals surface area contributed by atoms with Crippen LogP contribution in [0.3, 0.4) is 0 Å². The van der Waals surface area contributed by atoms with Gasteiger partial charge in [0.2, 0.25) is 5.69 Å². The Morgan fingerprint density at radius 3 is 2.88 bits per heavy atom. The van der Waals surface area contributed by atoms with Crippen molar-refractivity contribution in [3.8, 4) is 11.3 Å². The second-order valence-electron chi connectivity index (χ2n) is 6.34. The summed E-state index contributed by atoms with van der Waals surface area (Å²) in [6.07, 6.45) is 3.05. The normalized spacial score (nSPS) is 19.2. The number of benzene rings is 1. The van der Waals surface area contributed by atoms with Crippen LogP contribution in [0.25, 0.3) is 33.2 Å². The molecule has 0 saturated carbocycles. The Labute approximate surface area is 157 Å². The first kappa shape index (κ1) is 9.71. The molecule has 0 fully saturated rings. The molecule has 126 valence electrons. The first-order valence-corrected chi connectivity index (χ1v) is 8.05. The van der Waals surface area contributed by atoms with E-state index in [2.05, 4.69) is 4.98 Å². The maximum absolute atomic E-state index is 8.36. The van der Waals surface area contributed by atoms with E-state index in [9.17, 15) is 0 Å². The summed E-state index contributed by atoms with van der Waals surface area (Å²) >= 11 is 0. The minimum absolute atomic E-state index is 0.141. The standard InChI is InChI=1S/C22H23N2O/c1-13(2)18-10-17-16-8-7-15(4)21(22(16)25-20(17)11-23-18)19-9-6-14(3)12-24(19)5/h6-13H,1-5H3/q+1/i1D3,3D3,13D. The summed E-state index contributed by atoms with van der Waals surface area (Å²) in [5.41, 5.74) is 3.99. The molecule has 0 spiro atoms. The van der Waals surface area contributed by atoms with Crippen LogP contribution in [0.2, 0.25) is 0 Å². The molecule has 3 nitrogen and oxygen atoms in total. The summed E-state index contributed by atoms with van der Waals surface area (Å²) in [5, 5.41) is 1.45. The van der Waals surface area contributed by atoms with E-state index in [1.165, 1.54) is 13.1 Å². The van der Waals surface area contributed by atoms with Crippen LogP contribution in [0.5, 0.6) is 0 Å². The number of hydrogen-bond acceptors (Lipinski definition) is 2. The van der Waals surface area contributed by atoms with Crippen molar-refractivity contribution in [2.45, 2.75) is 33.4 Å². The molecule has 1 aromatic carbocycles. The summed E-state index contributed by atoms with van der Waals surface area (Å²) in [7, 11) is 1.78. The summed E-state index contributed by atoms with van der Waals surface area (Å²) in [4.78, 5) is 4.21. The van der Waals surface area contributed by atoms with Crippen LogP contribution in [-0.2, 0) is 7.05 Å². The fraction of sp³-hybridized carbons (Fsp3) is 0.273. The lowest BCUT2D eigenvalue weighted by atomic mass is 10.00. The highest BCUT2D eigenvalue weighted by atomic mass is 16.3. The lowest BCUT2D eigenvalue weighted by molar-refractivity contribution is -0.660. The average molecular weight is 338 g/mol. The summed E-state index contributed by atoms with van der Waals surface area (Å²) < 4.78 is 62.3. The number of pyridine rings is 2. The molecule has 4 aromatic rings. The number of aryl methyl sites for hydroxylation is 3. The maximum atomic E-state index is 8.36. The van der Waals surface area contributed by atoms with Gasteiger partial charge < -0.3 is 4.42 Å². The molecule has 3 aromatic heterocycles. The lowest BCUT2D eigenvalue weighted by Gasteiger charge is -2.06. The minimum atomic E-state index is -2.53. The third kappa shape index (κ3) is 2.51. The second-order valence-corrected chi connectivity index (χ2v) is 6.34. The van der Waals surface area contributed by atoms with Crippen LogP contribution < -0.4 is 4.57 Å². The van der Waals surface area contributed by atoms with Crippen LogP contribution in [0, 0.1) is 13.8 Å². The molecule has 3 heteroatoms. The molecule has 25 heavy (non-hydrogen) atoms. The van der Waals surface area contributed by atoms with Crippen molar-refractivity contribution < 1.29 is 18.6 Å². The van der Waals surface area contributed by atoms with E-state index in [0.717, 1.165) is 22.2 Å². The molecule has 0 N–H and O–H groups in total. The Hall–Kier alpha value is -2.68. The number of fused-ring (bicyclic) bond motifs is 3. The van der Waals surface area contributed by atoms with Gasteiger partial charge in [0.05, 0.1) is 11.8 Å². The van der Waals surface area contributed by atoms with Gasteiger partial charge in [0.1, 0.15) is 12.6 Å². The molecular formula is C22H23N2O+. The molecule has 1 atom stereocenters. The van der Waals surface area contributed by atoms with E-state index in [1.807, 2.05) is 19.1 Å². The van der Waals surface area contributed by atoms with Gasteiger partial charge in [-0.1, -0.05) is 25.9 Å². The lowest BCUT2D eigenvalue weighted by Crippen LogP contribution is -2.31. The highest BCUT2D eigenvalue weighted by Crippen LogP contribution is 2.37. The smallest absolute Gasteiger partial charge is 0.216 e. The van der Waals surface area contributed by atoms with Crippen LogP contribution in [0.4, 0.5) is 0 Å². The van der Waals surface area contributed by atoms with Crippen molar-refractivity contribution in [2.75, 3.05) is 0 Å². The fourth-order valence-electron chi connectivity index (χ4n) is 3.23. The highest BCUT2D eigenvalue weighted by Gasteiger charge is 2.21. The zero-order chi connectivity index (χ0) is 23.6. The molecule has 0 amide bonds. The predicted octanol–water partition coefficient (Wildman–Crippen LogP) is 5.21. The highest BCUT2D eigenvalue weighted by molar-refractivity contribution is 6.09. The zero-order valence-corrected chi connectivity index (χ0v) is 14.3. The Morgan fingerprint density at radius 1 is 1.24 bits per heavy atom. The van der Waals surface area contributed by atoms with Gasteiger partial charge in [-0.05, 0) is 37.4 Å². The van der Waals surface area contributed by atoms with E-state index >= 15 is 0 Å². The number of aromatic nitrogens is 2. The SMILES string of the molecule is [2H]C([2H])([2H])c1ccc(-c2c(C)ccc3c2oc2cnc(C([2H])(C)C([2H])([2H])[2H])cc23)[n+](C)c1. The van der Waals surface area contributed by atoms with Gasteiger partial charge >= 0.3 is 0 Å². The first-order chi connectivity index (χ1) is 14.7. The summed E-state index contributed by atoms with van der Waals surface area (Å²) in [6.45, 7) is -1.46. The van der Waals surface area contributed by atoms with Crippen molar-refractivity contribution in [2.24, 2.45) is 7.05 Å². The molecule has 0 aliphatic carbocycles. The molecule has 4 rings (SSSR count). The van der Waals surface area contributed by atoms with Crippen molar-refractivity contribution >= 4 is 21.9 Å². The molecule has 0 aliphatic rings. The molecule has 0 aliphatic heterocycles. The predicted molar refractivity (Wildman–Crippen MR) is 102 cm³/mol. The largest absolute Gasteiger partial charge is 0.454 e. The van der Waals surface area contributed by atoms with Gasteiger partial charge in [-0.3, -0.25) is 4.98 Å². The van der Waals surface area contributed by atoms with Gasteiger partial charge in [-0.2, -0.15) is 0 Å². The molecule has 1 unspecified atom stereocenters. The maximum Gasteiger partial charge on any atom is 0.216 e. The van der Waals surface area contributed by atoms with Crippen LogP contribution >= 0.6 is 0 Å². The monoisotopic (exact) mass is 338 g/mol. The molecule has 0 radical (unpaired) electrons. The van der Waals surface area contributed by atoms with Crippen molar-refractivity contribution in [1.82, 2.24) is 4.98 Å². The van der Waals surface area contributed by atoms with Crippen LogP contribution in [0.1, 0.15) is 46.1 Å². The molecule has 0 bridgehead atoms. The van der Waals surface area contributed by atoms with E-state index in [1.54, 1.807) is 36.0 Å². The Bertz CT molecular complexity index is 1350. The van der Waals surface area contributed by atoms with Crippen molar-refractivity contribution in [3.63, 3.8) is 0 Å². The number of furan rings is 1. The van der Waals surface area contributed by atoms with Gasteiger partial charge in [-0.15, -0.1) is 0 Å².